The molecule has 0 aromatic heterocycles. The van der Waals surface area contributed by atoms with E-state index in [-0.39, 0.29) is 5.69 Å². The van der Waals surface area contributed by atoms with Crippen molar-refractivity contribution < 1.29 is 4.79 Å². The van der Waals surface area contributed by atoms with Crippen molar-refractivity contribution in [2.45, 2.75) is 20.8 Å². The SMILES string of the molecule is CC.CS.Cc1ccc(C(N)=O)cc1N=O. The lowest BCUT2D eigenvalue weighted by atomic mass is 10.1. The molecular formula is C11H18N2O2S. The van der Waals surface area contributed by atoms with Crippen molar-refractivity contribution in [2.75, 3.05) is 6.26 Å². The van der Waals surface area contributed by atoms with E-state index < -0.39 is 5.91 Å². The molecule has 1 amide bonds. The number of amides is 1. The first-order valence-electron chi connectivity index (χ1n) is 4.83. The topological polar surface area (TPSA) is 72.5 Å². The Kier molecular flexibility index (Phi) is 10.8. The number of carbonyl (C=O) groups excluding carboxylic acids is 1. The summed E-state index contributed by atoms with van der Waals surface area (Å²) in [5.41, 5.74) is 6.29. The lowest BCUT2D eigenvalue weighted by Gasteiger charge is -1.98. The number of thiol groups is 1. The van der Waals surface area contributed by atoms with Crippen LogP contribution in [0.3, 0.4) is 0 Å². The molecule has 16 heavy (non-hydrogen) atoms. The minimum Gasteiger partial charge on any atom is -0.366 e. The largest absolute Gasteiger partial charge is 0.366 e. The third-order valence-corrected chi connectivity index (χ3v) is 1.59. The molecule has 0 heterocycles. The van der Waals surface area contributed by atoms with Crippen LogP contribution < -0.4 is 5.73 Å². The molecule has 0 atom stereocenters. The van der Waals surface area contributed by atoms with Gasteiger partial charge in [0.2, 0.25) is 5.91 Å². The molecule has 0 aliphatic carbocycles. The van der Waals surface area contributed by atoms with E-state index in [1.165, 1.54) is 6.07 Å². The molecule has 1 aromatic rings. The van der Waals surface area contributed by atoms with E-state index in [2.05, 4.69) is 17.8 Å². The summed E-state index contributed by atoms with van der Waals surface area (Å²) in [6.45, 7) is 5.74. The molecule has 5 heteroatoms. The van der Waals surface area contributed by atoms with E-state index >= 15 is 0 Å². The fourth-order valence-corrected chi connectivity index (χ4v) is 0.861. The number of hydrogen-bond acceptors (Lipinski definition) is 4. The summed E-state index contributed by atoms with van der Waals surface area (Å²) in [6, 6.07) is 4.58. The Labute approximate surface area is 102 Å². The third kappa shape index (κ3) is 5.50. The zero-order chi connectivity index (χ0) is 13.1. The van der Waals surface area contributed by atoms with E-state index in [0.29, 0.717) is 5.56 Å². The molecule has 0 unspecified atom stereocenters. The van der Waals surface area contributed by atoms with Crippen molar-refractivity contribution in [3.63, 3.8) is 0 Å². The smallest absolute Gasteiger partial charge is 0.248 e. The highest BCUT2D eigenvalue weighted by Crippen LogP contribution is 2.19. The molecule has 2 N–H and O–H groups in total. The Hall–Kier alpha value is -1.36. The Morgan fingerprint density at radius 1 is 1.31 bits per heavy atom. The highest BCUT2D eigenvalue weighted by molar-refractivity contribution is 7.79. The lowest BCUT2D eigenvalue weighted by Crippen LogP contribution is -2.10. The molecule has 0 fully saturated rings. The standard InChI is InChI=1S/C8H8N2O2.C2H6.CH4S/c1-5-2-3-6(8(9)11)4-7(5)10-12;2*1-2/h2-4H,1H3,(H2,9,11);1-2H3;2H,1H3. The van der Waals surface area contributed by atoms with Gasteiger partial charge in [-0.1, -0.05) is 19.9 Å². The van der Waals surface area contributed by atoms with Crippen LogP contribution >= 0.6 is 12.6 Å². The van der Waals surface area contributed by atoms with Crippen molar-refractivity contribution in [1.29, 1.82) is 0 Å². The van der Waals surface area contributed by atoms with Crippen LogP contribution in [0.2, 0.25) is 0 Å². The molecule has 0 saturated heterocycles. The Bertz CT molecular complexity index is 341. The summed E-state index contributed by atoms with van der Waals surface area (Å²) >= 11 is 3.53. The number of hydrogen-bond donors (Lipinski definition) is 2. The summed E-state index contributed by atoms with van der Waals surface area (Å²) in [5, 5.41) is 2.76. The molecule has 0 saturated carbocycles. The number of carbonyl (C=O) groups is 1. The Morgan fingerprint density at radius 3 is 2.19 bits per heavy atom. The lowest BCUT2D eigenvalue weighted by molar-refractivity contribution is 0.100. The predicted octanol–water partition coefficient (Wildman–Crippen LogP) is 3.06. The summed E-state index contributed by atoms with van der Waals surface area (Å²) in [5.74, 6) is -0.556. The molecule has 0 radical (unpaired) electrons. The number of aryl methyl sites for hydroxylation is 1. The van der Waals surface area contributed by atoms with Gasteiger partial charge in [-0.25, -0.2) is 0 Å². The third-order valence-electron chi connectivity index (χ3n) is 1.59. The zero-order valence-corrected chi connectivity index (χ0v) is 10.9. The van der Waals surface area contributed by atoms with Crippen LogP contribution in [0.1, 0.15) is 29.8 Å². The van der Waals surface area contributed by atoms with Gasteiger partial charge in [0.05, 0.1) is 0 Å². The maximum atomic E-state index is 10.7. The molecular weight excluding hydrogens is 224 g/mol. The second-order valence-corrected chi connectivity index (χ2v) is 2.46. The maximum absolute atomic E-state index is 10.7. The molecule has 0 aliphatic heterocycles. The van der Waals surface area contributed by atoms with E-state index in [1.807, 2.05) is 13.8 Å². The summed E-state index contributed by atoms with van der Waals surface area (Å²) < 4.78 is 0. The Balaban J connectivity index is 0. The van der Waals surface area contributed by atoms with Crippen LogP contribution in [0.4, 0.5) is 5.69 Å². The number of benzene rings is 1. The van der Waals surface area contributed by atoms with E-state index in [9.17, 15) is 9.70 Å². The minimum atomic E-state index is -0.556. The van der Waals surface area contributed by atoms with Crippen molar-refractivity contribution >= 4 is 24.2 Å². The quantitative estimate of drug-likeness (QED) is 0.618. The van der Waals surface area contributed by atoms with Crippen LogP contribution in [-0.2, 0) is 0 Å². The van der Waals surface area contributed by atoms with Crippen LogP contribution in [-0.4, -0.2) is 12.2 Å². The average molecular weight is 242 g/mol. The number of primary amides is 1. The van der Waals surface area contributed by atoms with Crippen LogP contribution in [0.25, 0.3) is 0 Å². The highest BCUT2D eigenvalue weighted by Gasteiger charge is 2.03. The monoisotopic (exact) mass is 242 g/mol. The molecule has 1 rings (SSSR count). The number of rotatable bonds is 2. The van der Waals surface area contributed by atoms with Gasteiger partial charge in [-0.2, -0.15) is 12.6 Å². The van der Waals surface area contributed by atoms with Crippen molar-refractivity contribution in [3.05, 3.63) is 34.2 Å². The van der Waals surface area contributed by atoms with Crippen molar-refractivity contribution in [1.82, 2.24) is 0 Å². The average Bonchev–Trinajstić information content (AvgIpc) is 2.34. The number of nitroso groups, excluding NO2 is 1. The molecule has 0 spiro atoms. The molecule has 1 aromatic carbocycles. The minimum absolute atomic E-state index is 0.256. The molecule has 0 bridgehead atoms. The first-order valence-corrected chi connectivity index (χ1v) is 5.73. The van der Waals surface area contributed by atoms with Gasteiger partial charge in [-0.15, -0.1) is 4.91 Å². The van der Waals surface area contributed by atoms with Crippen LogP contribution in [0.15, 0.2) is 23.4 Å². The van der Waals surface area contributed by atoms with Crippen molar-refractivity contribution in [2.24, 2.45) is 10.9 Å². The normalized spacial score (nSPS) is 7.81. The fourth-order valence-electron chi connectivity index (χ4n) is 0.861. The maximum Gasteiger partial charge on any atom is 0.248 e. The van der Waals surface area contributed by atoms with Gasteiger partial charge in [0, 0.05) is 5.56 Å². The van der Waals surface area contributed by atoms with Crippen LogP contribution in [0.5, 0.6) is 0 Å². The van der Waals surface area contributed by atoms with E-state index in [0.717, 1.165) is 5.56 Å². The van der Waals surface area contributed by atoms with Crippen LogP contribution in [0, 0.1) is 11.8 Å². The fraction of sp³-hybridized carbons (Fsp3) is 0.364. The van der Waals surface area contributed by atoms with E-state index in [4.69, 9.17) is 5.73 Å². The van der Waals surface area contributed by atoms with E-state index in [1.54, 1.807) is 25.3 Å². The number of nitrogens with zero attached hydrogens (tertiary/aromatic N) is 1. The first kappa shape index (κ1) is 17.0. The predicted molar refractivity (Wildman–Crippen MR) is 71.4 cm³/mol. The first-order chi connectivity index (χ1) is 7.65. The zero-order valence-electron chi connectivity index (χ0n) is 10.0. The van der Waals surface area contributed by atoms with Gasteiger partial charge in [-0.05, 0) is 36.1 Å². The summed E-state index contributed by atoms with van der Waals surface area (Å²) in [7, 11) is 0. The molecule has 90 valence electrons. The second-order valence-electron chi connectivity index (χ2n) is 2.46. The van der Waals surface area contributed by atoms with Gasteiger partial charge in [0.1, 0.15) is 5.69 Å². The second kappa shape index (κ2) is 10.2. The van der Waals surface area contributed by atoms with Gasteiger partial charge in [0.25, 0.3) is 0 Å². The highest BCUT2D eigenvalue weighted by atomic mass is 32.1. The molecule has 0 aliphatic rings. The summed E-state index contributed by atoms with van der Waals surface area (Å²) in [6.07, 6.45) is 1.69. The Morgan fingerprint density at radius 2 is 1.81 bits per heavy atom. The van der Waals surface area contributed by atoms with Gasteiger partial charge >= 0.3 is 0 Å². The number of nitrogens with two attached hydrogens (primary N) is 1. The van der Waals surface area contributed by atoms with Gasteiger partial charge in [0.15, 0.2) is 0 Å². The van der Waals surface area contributed by atoms with Gasteiger partial charge in [-0.3, -0.25) is 4.79 Å². The van der Waals surface area contributed by atoms with Crippen molar-refractivity contribution in [3.8, 4) is 0 Å². The summed E-state index contributed by atoms with van der Waals surface area (Å²) in [4.78, 5) is 20.9. The molecule has 4 nitrogen and oxygen atoms in total. The van der Waals surface area contributed by atoms with Gasteiger partial charge < -0.3 is 5.73 Å².